The monoisotopic (exact) mass is 326 g/mol. The van der Waals surface area contributed by atoms with Crippen LogP contribution in [0.4, 0.5) is 11.4 Å². The molecule has 1 unspecified atom stereocenters. The summed E-state index contributed by atoms with van der Waals surface area (Å²) in [6.45, 7) is 2.77. The van der Waals surface area contributed by atoms with Gasteiger partial charge in [-0.25, -0.2) is 0 Å². The zero-order chi connectivity index (χ0) is 16.5. The molecule has 0 amide bonds. The fourth-order valence-corrected chi connectivity index (χ4v) is 3.39. The first-order valence-electron chi connectivity index (χ1n) is 8.23. The fourth-order valence-electron chi connectivity index (χ4n) is 3.39. The molecule has 4 rings (SSSR count). The number of hydrogen-bond donors (Lipinski definition) is 0. The lowest BCUT2D eigenvalue weighted by molar-refractivity contribution is 0.373. The van der Waals surface area contributed by atoms with Crippen molar-refractivity contribution in [2.24, 2.45) is 0 Å². The third-order valence-electron chi connectivity index (χ3n) is 4.72. The maximum atomic E-state index is 5.65. The lowest BCUT2D eigenvalue weighted by Gasteiger charge is -2.31. The van der Waals surface area contributed by atoms with E-state index < -0.39 is 0 Å². The van der Waals surface area contributed by atoms with E-state index in [1.165, 1.54) is 11.4 Å². The molecular weight excluding hydrogens is 304 g/mol. The summed E-state index contributed by atoms with van der Waals surface area (Å²) >= 11 is 0. The van der Waals surface area contributed by atoms with Gasteiger partial charge in [0, 0.05) is 24.5 Å². The van der Waals surface area contributed by atoms with Crippen molar-refractivity contribution >= 4 is 11.4 Å². The average Bonchev–Trinajstić information content (AvgIpc) is 3.40. The van der Waals surface area contributed by atoms with Gasteiger partial charge in [0.2, 0.25) is 0 Å². The number of ether oxygens (including phenoxy) is 3. The third-order valence-corrected chi connectivity index (χ3v) is 4.72. The predicted octanol–water partition coefficient (Wildman–Crippen LogP) is 2.76. The van der Waals surface area contributed by atoms with Crippen LogP contribution in [0.3, 0.4) is 0 Å². The second kappa shape index (κ2) is 6.24. The zero-order valence-electron chi connectivity index (χ0n) is 14.0. The maximum absolute atomic E-state index is 5.65. The summed E-state index contributed by atoms with van der Waals surface area (Å²) in [7, 11) is 3.38. The second-order valence-electron chi connectivity index (χ2n) is 6.07. The van der Waals surface area contributed by atoms with Gasteiger partial charge in [-0.15, -0.1) is 0 Å². The van der Waals surface area contributed by atoms with Gasteiger partial charge >= 0.3 is 0 Å². The van der Waals surface area contributed by atoms with Crippen molar-refractivity contribution in [2.45, 2.75) is 12.3 Å². The molecule has 0 aromatic heterocycles. The highest BCUT2D eigenvalue weighted by Crippen LogP contribution is 2.35. The number of benzene rings is 2. The van der Waals surface area contributed by atoms with Gasteiger partial charge in [0.25, 0.3) is 0 Å². The smallest absolute Gasteiger partial charge is 0.131 e. The summed E-state index contributed by atoms with van der Waals surface area (Å²) in [5.41, 5.74) is 2.40. The van der Waals surface area contributed by atoms with E-state index in [9.17, 15) is 0 Å². The van der Waals surface area contributed by atoms with Crippen molar-refractivity contribution in [2.75, 3.05) is 43.7 Å². The Morgan fingerprint density at radius 1 is 0.792 bits per heavy atom. The molecule has 2 saturated heterocycles. The molecule has 5 heteroatoms. The number of anilines is 2. The number of epoxide rings is 1. The average molecular weight is 326 g/mol. The van der Waals surface area contributed by atoms with Gasteiger partial charge in [0.05, 0.1) is 20.8 Å². The van der Waals surface area contributed by atoms with Gasteiger partial charge in [-0.2, -0.15) is 0 Å². The molecule has 2 aromatic carbocycles. The molecule has 0 aliphatic carbocycles. The van der Waals surface area contributed by atoms with E-state index >= 15 is 0 Å². The highest BCUT2D eigenvalue weighted by Gasteiger charge is 2.44. The van der Waals surface area contributed by atoms with E-state index in [-0.39, 0.29) is 12.3 Å². The first-order chi connectivity index (χ1) is 11.8. The van der Waals surface area contributed by atoms with Gasteiger partial charge < -0.3 is 24.0 Å². The van der Waals surface area contributed by atoms with Crippen molar-refractivity contribution in [1.29, 1.82) is 0 Å². The van der Waals surface area contributed by atoms with Crippen molar-refractivity contribution in [1.82, 2.24) is 0 Å². The largest absolute Gasteiger partial charge is 0.497 e. The minimum atomic E-state index is 0.229. The maximum Gasteiger partial charge on any atom is 0.131 e. The van der Waals surface area contributed by atoms with E-state index in [0.29, 0.717) is 0 Å². The van der Waals surface area contributed by atoms with Crippen LogP contribution in [0.25, 0.3) is 0 Å². The fraction of sp³-hybridized carbons (Fsp3) is 0.368. The molecule has 0 bridgehead atoms. The van der Waals surface area contributed by atoms with Crippen LogP contribution in [0.5, 0.6) is 11.5 Å². The van der Waals surface area contributed by atoms with Crippen molar-refractivity contribution in [3.63, 3.8) is 0 Å². The first-order valence-corrected chi connectivity index (χ1v) is 8.23. The molecule has 2 fully saturated rings. The first kappa shape index (κ1) is 15.1. The normalized spacial score (nSPS) is 20.3. The Morgan fingerprint density at radius 2 is 1.21 bits per heavy atom. The summed E-state index contributed by atoms with van der Waals surface area (Å²) in [5, 5.41) is 0. The van der Waals surface area contributed by atoms with Gasteiger partial charge in [0.1, 0.15) is 23.8 Å². The minimum Gasteiger partial charge on any atom is -0.497 e. The molecule has 2 aromatic rings. The Balaban J connectivity index is 1.60. The molecule has 2 aliphatic heterocycles. The van der Waals surface area contributed by atoms with Gasteiger partial charge in [-0.3, -0.25) is 0 Å². The van der Waals surface area contributed by atoms with Crippen LogP contribution in [-0.2, 0) is 4.74 Å². The van der Waals surface area contributed by atoms with E-state index in [0.717, 1.165) is 31.2 Å². The number of methoxy groups -OCH3 is 2. The van der Waals surface area contributed by atoms with Crippen LogP contribution in [-0.4, -0.2) is 46.2 Å². The molecule has 126 valence electrons. The van der Waals surface area contributed by atoms with Gasteiger partial charge in [-0.05, 0) is 48.5 Å². The van der Waals surface area contributed by atoms with Crippen molar-refractivity contribution < 1.29 is 14.2 Å². The topological polar surface area (TPSA) is 37.5 Å². The molecular formula is C19H22N2O3. The number of hydrogen-bond acceptors (Lipinski definition) is 5. The van der Waals surface area contributed by atoms with Crippen LogP contribution in [0.2, 0.25) is 0 Å². The second-order valence-corrected chi connectivity index (χ2v) is 6.07. The molecule has 1 atom stereocenters. The SMILES string of the molecule is COc1ccc(N2CCN(c3ccc(OC)cc3)C2C2CO2)cc1. The molecule has 0 N–H and O–H groups in total. The molecule has 24 heavy (non-hydrogen) atoms. The minimum absolute atomic E-state index is 0.229. The van der Waals surface area contributed by atoms with Crippen LogP contribution < -0.4 is 19.3 Å². The lowest BCUT2D eigenvalue weighted by Crippen LogP contribution is -2.43. The van der Waals surface area contributed by atoms with E-state index in [1.807, 2.05) is 24.3 Å². The Morgan fingerprint density at radius 3 is 1.54 bits per heavy atom. The standard InChI is InChI=1S/C19H22N2O3/c1-22-16-7-3-14(4-8-16)20-11-12-21(19(20)18-13-24-18)15-5-9-17(23-2)10-6-15/h3-10,18-19H,11-13H2,1-2H3. The van der Waals surface area contributed by atoms with Crippen molar-refractivity contribution in [3.05, 3.63) is 48.5 Å². The van der Waals surface area contributed by atoms with E-state index in [4.69, 9.17) is 14.2 Å². The molecule has 0 radical (unpaired) electrons. The molecule has 5 nitrogen and oxygen atoms in total. The highest BCUT2D eigenvalue weighted by atomic mass is 16.6. The van der Waals surface area contributed by atoms with E-state index in [2.05, 4.69) is 34.1 Å². The zero-order valence-corrected chi connectivity index (χ0v) is 14.0. The summed E-state index contributed by atoms with van der Waals surface area (Å²) in [6.07, 6.45) is 0.489. The lowest BCUT2D eigenvalue weighted by atomic mass is 10.2. The third kappa shape index (κ3) is 2.76. The Kier molecular flexibility index (Phi) is 3.94. The number of nitrogens with zero attached hydrogens (tertiary/aromatic N) is 2. The highest BCUT2D eigenvalue weighted by molar-refractivity contribution is 5.59. The predicted molar refractivity (Wildman–Crippen MR) is 94.2 cm³/mol. The molecule has 0 spiro atoms. The van der Waals surface area contributed by atoms with Crippen molar-refractivity contribution in [3.8, 4) is 11.5 Å². The van der Waals surface area contributed by atoms with Crippen LogP contribution in [0, 0.1) is 0 Å². The quantitative estimate of drug-likeness (QED) is 0.790. The van der Waals surface area contributed by atoms with Gasteiger partial charge in [-0.1, -0.05) is 0 Å². The van der Waals surface area contributed by atoms with Crippen LogP contribution in [0.15, 0.2) is 48.5 Å². The van der Waals surface area contributed by atoms with E-state index in [1.54, 1.807) is 14.2 Å². The van der Waals surface area contributed by atoms with Crippen LogP contribution in [0.1, 0.15) is 0 Å². The summed E-state index contributed by atoms with van der Waals surface area (Å²) in [6, 6.07) is 16.5. The molecule has 2 heterocycles. The summed E-state index contributed by atoms with van der Waals surface area (Å²) < 4.78 is 16.2. The molecule has 2 aliphatic rings. The Labute approximate surface area is 142 Å². The summed E-state index contributed by atoms with van der Waals surface area (Å²) in [5.74, 6) is 1.76. The summed E-state index contributed by atoms with van der Waals surface area (Å²) in [4.78, 5) is 4.84. The van der Waals surface area contributed by atoms with Crippen LogP contribution >= 0.6 is 0 Å². The molecule has 0 saturated carbocycles. The Hall–Kier alpha value is -2.40. The van der Waals surface area contributed by atoms with Gasteiger partial charge in [0.15, 0.2) is 0 Å². The Bertz CT molecular complexity index is 627. The number of rotatable bonds is 5.